The number of Topliss-reactive ketones (excluding diaryl/α,β-unsaturated/α-hetero) is 2. The van der Waals surface area contributed by atoms with Gasteiger partial charge in [-0.25, -0.2) is 0 Å². The summed E-state index contributed by atoms with van der Waals surface area (Å²) in [5.74, 6) is -0.0149. The minimum atomic E-state index is -2.07. The first-order valence-corrected chi connectivity index (χ1v) is 47.6. The molecule has 4 aliphatic heterocycles. The number of methoxy groups -OCH3 is 2. The van der Waals surface area contributed by atoms with Crippen LogP contribution in [-0.2, 0) is 28.7 Å². The molecule has 0 amide bonds. The summed E-state index contributed by atoms with van der Waals surface area (Å²) in [7, 11) is 2.62. The molecule has 14 rings (SSSR count). The molecule has 35 heteroatoms. The fourth-order valence-electron chi connectivity index (χ4n) is 9.78. The number of halogens is 12. The van der Waals surface area contributed by atoms with E-state index in [0.717, 1.165) is 14.7 Å². The molecule has 0 bridgehead atoms. The number of carboxylic acids is 1. The van der Waals surface area contributed by atoms with Gasteiger partial charge in [0.25, 0.3) is 0 Å². The number of phenols is 4. The molecule has 0 spiro atoms. The molecular weight excluding hydrogens is 1940 g/mol. The predicted octanol–water partition coefficient (Wildman–Crippen LogP) is 18.8. The first-order chi connectivity index (χ1) is 50.1. The number of rotatable bonds is 10. The molecule has 0 saturated heterocycles. The van der Waals surface area contributed by atoms with Crippen LogP contribution in [0.1, 0.15) is 57.8 Å². The third kappa shape index (κ3) is 25.9. The number of ketones is 2. The first kappa shape index (κ1) is 90.2. The van der Waals surface area contributed by atoms with Crippen LogP contribution in [0.25, 0.3) is 0 Å². The van der Waals surface area contributed by atoms with Gasteiger partial charge in [-0.3, -0.25) is 33.6 Å². The van der Waals surface area contributed by atoms with Gasteiger partial charge in [0, 0.05) is 46.8 Å². The predicted molar refractivity (Wildman–Crippen MR) is 423 cm³/mol. The first-order valence-electron chi connectivity index (χ1n) is 31.4. The second-order valence-electron chi connectivity index (χ2n) is 24.2. The van der Waals surface area contributed by atoms with Crippen LogP contribution in [0.2, 0.25) is 50.0 Å². The van der Waals surface area contributed by atoms with Gasteiger partial charge in [0.1, 0.15) is 51.1 Å². The number of aromatic hydroxyl groups is 4. The second-order valence-corrected chi connectivity index (χ2v) is 45.5. The summed E-state index contributed by atoms with van der Waals surface area (Å²) in [4.78, 5) is 85.0. The number of carbonyl (C=O) groups is 7. The van der Waals surface area contributed by atoms with Crippen LogP contribution in [0.4, 0.5) is 0 Å². The van der Waals surface area contributed by atoms with Gasteiger partial charge in [0.05, 0.1) is 67.7 Å². The molecule has 0 aromatic heterocycles. The van der Waals surface area contributed by atoms with Crippen molar-refractivity contribution in [3.63, 3.8) is 0 Å². The molecule has 7 aliphatic rings. The zero-order valence-electron chi connectivity index (χ0n) is 56.2. The molecular formula is C72H68Br4Cl8O22Sn. The molecule has 3 aliphatic carbocycles. The molecule has 0 radical (unpaired) electrons. The Hall–Kier alpha value is -5.73. The normalized spacial score (nSPS) is 17.8. The average molecular weight is 2010 g/mol. The van der Waals surface area contributed by atoms with Crippen molar-refractivity contribution in [2.45, 2.75) is 41.5 Å². The molecule has 0 unspecified atom stereocenters. The van der Waals surface area contributed by atoms with Gasteiger partial charge in [-0.1, -0.05) is 141 Å². The Kier molecular flexibility index (Phi) is 35.0. The summed E-state index contributed by atoms with van der Waals surface area (Å²) in [6, 6.07) is 24.8. The van der Waals surface area contributed by atoms with Crippen molar-refractivity contribution in [3.05, 3.63) is 161 Å². The number of ether oxygens (including phenoxy) is 10. The summed E-state index contributed by atoms with van der Waals surface area (Å²) in [6.45, 7) is 4.04. The maximum atomic E-state index is 12.3. The van der Waals surface area contributed by atoms with E-state index in [2.05, 4.69) is 94.1 Å². The number of phenolic OH excluding ortho intramolecular Hbond substituents is 4. The van der Waals surface area contributed by atoms with Gasteiger partial charge in [-0.2, -0.15) is 0 Å². The third-order valence-electron chi connectivity index (χ3n) is 15.6. The Morgan fingerprint density at radius 1 is 0.430 bits per heavy atom. The van der Waals surface area contributed by atoms with Crippen LogP contribution >= 0.6 is 157 Å². The van der Waals surface area contributed by atoms with E-state index < -0.39 is 41.4 Å². The Bertz CT molecular complexity index is 4410. The minimum absolute atomic E-state index is 0. The number of carboxylic acid groups (broad SMARTS) is 1. The summed E-state index contributed by atoms with van der Waals surface area (Å²) in [5.41, 5.74) is 1.00. The number of benzene rings is 7. The number of hydrogen-bond donors (Lipinski definition) is 5. The van der Waals surface area contributed by atoms with E-state index in [4.69, 9.17) is 156 Å². The number of carbonyl (C=O) groups excluding carboxylic acids is 6. The van der Waals surface area contributed by atoms with Crippen LogP contribution in [0.5, 0.6) is 69.0 Å². The van der Waals surface area contributed by atoms with Crippen molar-refractivity contribution in [3.8, 4) is 69.0 Å². The zero-order chi connectivity index (χ0) is 78.2. The van der Waals surface area contributed by atoms with Crippen LogP contribution in [0.15, 0.2) is 109 Å². The molecule has 3 fully saturated rings. The standard InChI is InChI=1S/C14H13ClO5.C13H11ClO5.C8H6BrClO2.C8H6ClO2.C7H4BrClO2.C6H4BrClO2.C6H4BrClO.C6H7ClO3.CH4.3CH3.Sn/c1-18-14(17)9-6-8(9)12(16)7-4-10(15)13-11(5-7)19-2-3-20-13;14-9-3-6(4-10-12(9)19-2-1-18-10)11(15)7-5-8(7)13(16)17;9-5-3-6(10)8-7(4-5)11-1-2-12-8;9-6-2-1-3-7-8(6)11-5-4-10-7;8-5-1-4(3-10)7(11)6(9)2-5;7-3-1-4(8)6(10)5(9)2-3;7-4-1-2-6(9)5(8)3-4;1-10-6(9)4-2-3(4)5(7)8;;;;;/h4-5,8-9H,2-3,6H2,1H3;3-4,7-8H,1-2,5H2,(H,16,17);3-4H,1-2H2;2-3H,4-5H2;1-3,11H;1-2,9-10H;1-3,9H;3-4H,2H2,1H3;1H4;3*1H3;/t8-,9-;7-,8-;;;;;;3-,4-;;;;;/m00.....0...../s1. The van der Waals surface area contributed by atoms with E-state index in [1.165, 1.54) is 54.2 Å². The number of hydrogen-bond acceptors (Lipinski definition) is 21. The van der Waals surface area contributed by atoms with Crippen LogP contribution in [0, 0.1) is 35.5 Å². The molecule has 5 N–H and O–H groups in total. The van der Waals surface area contributed by atoms with Crippen molar-refractivity contribution >= 4 is 219 Å². The average Bonchev–Trinajstić information content (AvgIpc) is 1.60. The number of aliphatic carboxylic acids is 1. The van der Waals surface area contributed by atoms with E-state index in [-0.39, 0.29) is 93.2 Å². The molecule has 22 nitrogen and oxygen atoms in total. The van der Waals surface area contributed by atoms with Gasteiger partial charge in [-0.05, 0) is 110 Å². The Balaban J connectivity index is 0.000000194. The summed E-state index contributed by atoms with van der Waals surface area (Å²) >= 11 is 56.6. The SMILES string of the molecule is C.COC(=O)[C@H]1C[C@@H]1C(=O)Cl.COC(=O)[C@H]1C[C@@H]1C(=O)c1cc(Cl)c2c(c1)OCCO2.Clc1cc(Br)cc2c1OCCO2.O=C(O)[C@H]1C[C@@H]1C(=O)c1cc(Cl)c2c(c1)OCCO2.O=Cc1cc(Br)cc(Cl)c1O.Oc1cc(Br)cc(Cl)c1O.Oc1ccc(Br)cc1Cl.[CH3][Sn]([CH3])([CH3])[c]1cc(Cl)c2c(c1)OCCO2. The van der Waals surface area contributed by atoms with E-state index in [0.29, 0.717) is 164 Å². The van der Waals surface area contributed by atoms with Crippen molar-refractivity contribution in [2.75, 3.05) is 67.1 Å². The van der Waals surface area contributed by atoms with Gasteiger partial charge < -0.3 is 63.4 Å². The summed E-state index contributed by atoms with van der Waals surface area (Å²) < 4.78 is 56.8. The summed E-state index contributed by atoms with van der Waals surface area (Å²) in [5, 5.41) is 46.9. The van der Waals surface area contributed by atoms with Gasteiger partial charge in [0.2, 0.25) is 5.24 Å². The molecule has 107 heavy (non-hydrogen) atoms. The van der Waals surface area contributed by atoms with Crippen molar-refractivity contribution in [2.24, 2.45) is 35.5 Å². The number of aldehydes is 1. The Labute approximate surface area is 692 Å². The zero-order valence-corrected chi connectivity index (χ0v) is 71.4. The van der Waals surface area contributed by atoms with E-state index >= 15 is 0 Å². The maximum absolute atomic E-state index is 12.3. The van der Waals surface area contributed by atoms with Crippen LogP contribution in [-0.4, -0.2) is 152 Å². The second kappa shape index (κ2) is 41.5. The van der Waals surface area contributed by atoms with Crippen LogP contribution in [0.3, 0.4) is 0 Å². The van der Waals surface area contributed by atoms with Crippen LogP contribution < -0.4 is 41.5 Å². The number of fused-ring (bicyclic) bond motifs is 4. The summed E-state index contributed by atoms with van der Waals surface area (Å²) in [6.07, 6.45) is 2.01. The molecule has 6 atom stereocenters. The quantitative estimate of drug-likeness (QED) is 0.0212. The van der Waals surface area contributed by atoms with E-state index in [1.54, 1.807) is 36.4 Å². The van der Waals surface area contributed by atoms with Crippen molar-refractivity contribution in [1.29, 1.82) is 0 Å². The van der Waals surface area contributed by atoms with E-state index in [1.807, 2.05) is 12.1 Å². The molecule has 7 aromatic rings. The van der Waals surface area contributed by atoms with Crippen molar-refractivity contribution in [1.82, 2.24) is 0 Å². The third-order valence-corrected chi connectivity index (χ3v) is 25.5. The van der Waals surface area contributed by atoms with Gasteiger partial charge >= 0.3 is 118 Å². The van der Waals surface area contributed by atoms with Crippen molar-refractivity contribution < 1.29 is 106 Å². The molecule has 3 saturated carbocycles. The monoisotopic (exact) mass is 2000 g/mol. The molecule has 576 valence electrons. The Morgan fingerprint density at radius 3 is 1.20 bits per heavy atom. The topological polar surface area (TPSA) is 313 Å². The number of esters is 2. The molecule has 7 aromatic carbocycles. The fraction of sp³-hybridized carbons (Fsp3) is 0.319. The van der Waals surface area contributed by atoms with Gasteiger partial charge in [-0.15, -0.1) is 0 Å². The Morgan fingerprint density at radius 2 is 0.794 bits per heavy atom. The van der Waals surface area contributed by atoms with E-state index in [9.17, 15) is 33.6 Å². The van der Waals surface area contributed by atoms with Gasteiger partial charge in [0.15, 0.2) is 63.8 Å². The molecule has 4 heterocycles. The fourth-order valence-corrected chi connectivity index (χ4v) is 17.5.